The topological polar surface area (TPSA) is 84.9 Å². The number of alkyl carbamates (subject to hydrolysis) is 1. The van der Waals surface area contributed by atoms with E-state index in [1.165, 1.54) is 6.92 Å². The van der Waals surface area contributed by atoms with E-state index in [1.807, 2.05) is 30.3 Å². The van der Waals surface area contributed by atoms with E-state index >= 15 is 0 Å². The molecule has 6 heteroatoms. The zero-order valence-electron chi connectivity index (χ0n) is 16.0. The normalized spacial score (nSPS) is 13.3. The fourth-order valence-electron chi connectivity index (χ4n) is 2.38. The maximum Gasteiger partial charge on any atom is 0.408 e. The first-order valence-electron chi connectivity index (χ1n) is 8.62. The molecular formula is C21H25NO5. The Kier molecular flexibility index (Phi) is 6.10. The van der Waals surface area contributed by atoms with E-state index < -0.39 is 23.2 Å². The zero-order chi connectivity index (χ0) is 20.1. The van der Waals surface area contributed by atoms with Gasteiger partial charge in [0.05, 0.1) is 0 Å². The Bertz CT molecular complexity index is 780. The summed E-state index contributed by atoms with van der Waals surface area (Å²) in [5.41, 5.74) is -0.907. The number of hydrogen-bond acceptors (Lipinski definition) is 4. The summed E-state index contributed by atoms with van der Waals surface area (Å²) in [6.45, 7) is 6.96. The maximum absolute atomic E-state index is 12.1. The molecule has 2 rings (SSSR count). The first-order valence-corrected chi connectivity index (χ1v) is 8.62. The van der Waals surface area contributed by atoms with Crippen LogP contribution in [-0.4, -0.2) is 22.8 Å². The van der Waals surface area contributed by atoms with Crippen molar-refractivity contribution in [3.63, 3.8) is 0 Å². The third-order valence-corrected chi connectivity index (χ3v) is 3.86. The molecule has 0 aliphatic heterocycles. The van der Waals surface area contributed by atoms with Crippen molar-refractivity contribution in [2.45, 2.75) is 45.4 Å². The first-order chi connectivity index (χ1) is 12.6. The van der Waals surface area contributed by atoms with Crippen molar-refractivity contribution in [1.82, 2.24) is 5.32 Å². The van der Waals surface area contributed by atoms with Crippen LogP contribution in [0.4, 0.5) is 4.79 Å². The molecular weight excluding hydrogens is 346 g/mol. The lowest BCUT2D eigenvalue weighted by Gasteiger charge is -2.29. The van der Waals surface area contributed by atoms with E-state index in [1.54, 1.807) is 45.0 Å². The smallest absolute Gasteiger partial charge is 0.408 e. The molecule has 0 radical (unpaired) electrons. The molecule has 27 heavy (non-hydrogen) atoms. The van der Waals surface area contributed by atoms with E-state index in [9.17, 15) is 14.7 Å². The van der Waals surface area contributed by atoms with Gasteiger partial charge in [-0.15, -0.1) is 0 Å². The summed E-state index contributed by atoms with van der Waals surface area (Å²) < 4.78 is 10.9. The standard InChI is InChI=1S/C21H25NO5/c1-20(2,3)27-19(25)22-21(4,18(23)24)16-10-12-17(13-11-16)26-14-15-8-6-5-7-9-15/h5-13H,14H2,1-4H3,(H,22,25)(H,23,24). The summed E-state index contributed by atoms with van der Waals surface area (Å²) >= 11 is 0. The third-order valence-electron chi connectivity index (χ3n) is 3.86. The third kappa shape index (κ3) is 5.74. The molecule has 144 valence electrons. The van der Waals surface area contributed by atoms with E-state index in [4.69, 9.17) is 9.47 Å². The highest BCUT2D eigenvalue weighted by Crippen LogP contribution is 2.25. The molecule has 0 saturated heterocycles. The molecule has 0 aromatic heterocycles. The van der Waals surface area contributed by atoms with Gasteiger partial charge in [0.15, 0.2) is 5.54 Å². The highest BCUT2D eigenvalue weighted by atomic mass is 16.6. The molecule has 0 saturated carbocycles. The Labute approximate surface area is 159 Å². The SMILES string of the molecule is CC(C)(C)OC(=O)NC(C)(C(=O)O)c1ccc(OCc2ccccc2)cc1. The molecule has 0 aliphatic carbocycles. The molecule has 0 fully saturated rings. The lowest BCUT2D eigenvalue weighted by Crippen LogP contribution is -2.51. The number of hydrogen-bond donors (Lipinski definition) is 2. The monoisotopic (exact) mass is 371 g/mol. The molecule has 1 atom stereocenters. The van der Waals surface area contributed by atoms with Crippen molar-refractivity contribution in [1.29, 1.82) is 0 Å². The molecule has 2 aromatic rings. The fourth-order valence-corrected chi connectivity index (χ4v) is 2.38. The van der Waals surface area contributed by atoms with Gasteiger partial charge in [-0.3, -0.25) is 0 Å². The average Bonchev–Trinajstić information content (AvgIpc) is 2.59. The summed E-state index contributed by atoms with van der Waals surface area (Å²) in [7, 11) is 0. The first kappa shape index (κ1) is 20.3. The molecule has 0 bridgehead atoms. The van der Waals surface area contributed by atoms with Gasteiger partial charge in [0.2, 0.25) is 0 Å². The van der Waals surface area contributed by atoms with Crippen molar-refractivity contribution in [3.8, 4) is 5.75 Å². The molecule has 0 spiro atoms. The number of amides is 1. The second-order valence-electron chi connectivity index (χ2n) is 7.36. The van der Waals surface area contributed by atoms with Gasteiger partial charge in [-0.25, -0.2) is 9.59 Å². The van der Waals surface area contributed by atoms with Crippen molar-refractivity contribution in [2.24, 2.45) is 0 Å². The zero-order valence-corrected chi connectivity index (χ0v) is 16.0. The summed E-state index contributed by atoms with van der Waals surface area (Å²) in [6, 6.07) is 16.3. The number of carbonyl (C=O) groups excluding carboxylic acids is 1. The lowest BCUT2D eigenvalue weighted by atomic mass is 9.92. The van der Waals surface area contributed by atoms with Crippen molar-refractivity contribution >= 4 is 12.1 Å². The number of ether oxygens (including phenoxy) is 2. The minimum Gasteiger partial charge on any atom is -0.489 e. The Morgan fingerprint density at radius 1 is 0.963 bits per heavy atom. The Morgan fingerprint density at radius 3 is 2.07 bits per heavy atom. The molecule has 1 unspecified atom stereocenters. The summed E-state index contributed by atoms with van der Waals surface area (Å²) in [5, 5.41) is 12.1. The van der Waals surface area contributed by atoms with E-state index in [0.29, 0.717) is 17.9 Å². The van der Waals surface area contributed by atoms with E-state index in [-0.39, 0.29) is 0 Å². The second-order valence-corrected chi connectivity index (χ2v) is 7.36. The number of benzene rings is 2. The Balaban J connectivity index is 2.10. The van der Waals surface area contributed by atoms with Crippen LogP contribution in [0, 0.1) is 0 Å². The predicted molar refractivity (Wildman–Crippen MR) is 102 cm³/mol. The molecule has 0 aliphatic rings. The average molecular weight is 371 g/mol. The van der Waals surface area contributed by atoms with Gasteiger partial charge in [0.1, 0.15) is 18.0 Å². The highest BCUT2D eigenvalue weighted by molar-refractivity contribution is 5.85. The minimum absolute atomic E-state index is 0.409. The van der Waals surface area contributed by atoms with Gasteiger partial charge in [-0.05, 0) is 51.0 Å². The number of rotatable bonds is 6. The lowest BCUT2D eigenvalue weighted by molar-refractivity contribution is -0.144. The minimum atomic E-state index is -1.62. The van der Waals surface area contributed by atoms with Crippen molar-refractivity contribution in [2.75, 3.05) is 0 Å². The largest absolute Gasteiger partial charge is 0.489 e. The van der Waals surface area contributed by atoms with Crippen LogP contribution in [0.1, 0.15) is 38.8 Å². The van der Waals surface area contributed by atoms with Crippen LogP contribution < -0.4 is 10.1 Å². The summed E-state index contributed by atoms with van der Waals surface area (Å²) in [6.07, 6.45) is -0.795. The maximum atomic E-state index is 12.1. The van der Waals surface area contributed by atoms with Crippen LogP contribution in [0.2, 0.25) is 0 Å². The molecule has 2 N–H and O–H groups in total. The number of aliphatic carboxylic acids is 1. The summed E-state index contributed by atoms with van der Waals surface area (Å²) in [5.74, 6) is -0.584. The van der Waals surface area contributed by atoms with Gasteiger partial charge < -0.3 is 19.9 Å². The van der Waals surface area contributed by atoms with Gasteiger partial charge in [-0.1, -0.05) is 42.5 Å². The number of carboxylic acids is 1. The van der Waals surface area contributed by atoms with Gasteiger partial charge >= 0.3 is 12.1 Å². The number of carboxylic acid groups (broad SMARTS) is 1. The quantitative estimate of drug-likeness (QED) is 0.799. The van der Waals surface area contributed by atoms with Crippen molar-refractivity contribution in [3.05, 3.63) is 65.7 Å². The molecule has 1 amide bonds. The van der Waals surface area contributed by atoms with Crippen molar-refractivity contribution < 1.29 is 24.2 Å². The van der Waals surface area contributed by atoms with Crippen LogP contribution in [0.3, 0.4) is 0 Å². The Hall–Kier alpha value is -3.02. The highest BCUT2D eigenvalue weighted by Gasteiger charge is 2.38. The van der Waals surface area contributed by atoms with Crippen LogP contribution in [-0.2, 0) is 21.7 Å². The van der Waals surface area contributed by atoms with Gasteiger partial charge in [-0.2, -0.15) is 0 Å². The summed E-state index contributed by atoms with van der Waals surface area (Å²) in [4.78, 5) is 23.9. The van der Waals surface area contributed by atoms with Crippen LogP contribution >= 0.6 is 0 Å². The van der Waals surface area contributed by atoms with Gasteiger partial charge in [0.25, 0.3) is 0 Å². The second kappa shape index (κ2) is 8.12. The van der Waals surface area contributed by atoms with E-state index in [0.717, 1.165) is 5.56 Å². The van der Waals surface area contributed by atoms with Crippen LogP contribution in [0.15, 0.2) is 54.6 Å². The molecule has 6 nitrogen and oxygen atoms in total. The number of carbonyl (C=O) groups is 2. The van der Waals surface area contributed by atoms with Crippen LogP contribution in [0.5, 0.6) is 5.75 Å². The van der Waals surface area contributed by atoms with Gasteiger partial charge in [0, 0.05) is 0 Å². The molecule has 2 aromatic carbocycles. The Morgan fingerprint density at radius 2 is 1.56 bits per heavy atom. The predicted octanol–water partition coefficient (Wildman–Crippen LogP) is 4.09. The van der Waals surface area contributed by atoms with Crippen LogP contribution in [0.25, 0.3) is 0 Å². The number of nitrogens with one attached hydrogen (secondary N) is 1. The fraction of sp³-hybridized carbons (Fsp3) is 0.333. The van der Waals surface area contributed by atoms with E-state index in [2.05, 4.69) is 5.32 Å². The molecule has 0 heterocycles.